The average Bonchev–Trinajstić information content (AvgIpc) is 2.91. The Bertz CT molecular complexity index is 841. The number of hydrogen-bond acceptors (Lipinski definition) is 3. The summed E-state index contributed by atoms with van der Waals surface area (Å²) in [7, 11) is 0. The van der Waals surface area contributed by atoms with E-state index in [1.807, 2.05) is 0 Å². The van der Waals surface area contributed by atoms with Crippen molar-refractivity contribution in [1.29, 1.82) is 0 Å². The van der Waals surface area contributed by atoms with E-state index < -0.39 is 11.6 Å². The number of nitrogens with zero attached hydrogens (tertiary/aromatic N) is 3. The number of nitrogens with one attached hydrogen (secondary N) is 1. The highest BCUT2D eigenvalue weighted by molar-refractivity contribution is 5.79. The molecule has 7 heteroatoms. The van der Waals surface area contributed by atoms with Crippen molar-refractivity contribution in [1.82, 2.24) is 20.0 Å². The van der Waals surface area contributed by atoms with E-state index in [9.17, 15) is 13.6 Å². The number of aryl methyl sites for hydroxylation is 1. The first-order chi connectivity index (χ1) is 13.3. The third kappa shape index (κ3) is 4.76. The SMILES string of the molecule is Cc1nn(-c2ccc(F)cc2F)c(C)c1CC(=O)NCCN1CCC(C)CC1. The lowest BCUT2D eigenvalue weighted by atomic mass is 9.99. The minimum atomic E-state index is -0.683. The smallest absolute Gasteiger partial charge is 0.224 e. The normalized spacial score (nSPS) is 15.8. The number of piperidine rings is 1. The van der Waals surface area contributed by atoms with Crippen molar-refractivity contribution in [3.63, 3.8) is 0 Å². The van der Waals surface area contributed by atoms with E-state index in [0.29, 0.717) is 17.9 Å². The number of rotatable bonds is 6. The second kappa shape index (κ2) is 8.82. The van der Waals surface area contributed by atoms with Crippen molar-refractivity contribution in [3.05, 3.63) is 46.8 Å². The Morgan fingerprint density at radius 3 is 2.64 bits per heavy atom. The molecule has 28 heavy (non-hydrogen) atoms. The molecule has 2 aromatic rings. The summed E-state index contributed by atoms with van der Waals surface area (Å²) in [5, 5.41) is 7.32. The van der Waals surface area contributed by atoms with Crippen LogP contribution in [0.4, 0.5) is 8.78 Å². The number of hydrogen-bond donors (Lipinski definition) is 1. The van der Waals surface area contributed by atoms with Gasteiger partial charge in [0.1, 0.15) is 11.5 Å². The summed E-state index contributed by atoms with van der Waals surface area (Å²) in [4.78, 5) is 14.8. The zero-order valence-corrected chi connectivity index (χ0v) is 16.8. The number of carbonyl (C=O) groups excluding carboxylic acids is 1. The molecule has 1 aliphatic heterocycles. The average molecular weight is 390 g/mol. The molecule has 1 aromatic carbocycles. The molecule has 1 aromatic heterocycles. The second-order valence-corrected chi connectivity index (χ2v) is 7.71. The van der Waals surface area contributed by atoms with E-state index in [1.54, 1.807) is 13.8 Å². The van der Waals surface area contributed by atoms with Crippen molar-refractivity contribution in [2.45, 2.75) is 40.0 Å². The predicted octanol–water partition coefficient (Wildman–Crippen LogP) is 3.16. The molecule has 0 bridgehead atoms. The fourth-order valence-corrected chi connectivity index (χ4v) is 3.68. The van der Waals surface area contributed by atoms with Crippen LogP contribution in [0.3, 0.4) is 0 Å². The molecule has 0 spiro atoms. The van der Waals surface area contributed by atoms with Gasteiger partial charge in [0.05, 0.1) is 12.1 Å². The zero-order valence-electron chi connectivity index (χ0n) is 16.8. The van der Waals surface area contributed by atoms with E-state index in [2.05, 4.69) is 22.2 Å². The first-order valence-corrected chi connectivity index (χ1v) is 9.84. The molecule has 5 nitrogen and oxygen atoms in total. The summed E-state index contributed by atoms with van der Waals surface area (Å²) >= 11 is 0. The highest BCUT2D eigenvalue weighted by Gasteiger charge is 2.19. The topological polar surface area (TPSA) is 50.2 Å². The lowest BCUT2D eigenvalue weighted by Crippen LogP contribution is -2.39. The maximum atomic E-state index is 14.1. The van der Waals surface area contributed by atoms with Crippen LogP contribution in [0.5, 0.6) is 0 Å². The Kier molecular flexibility index (Phi) is 6.44. The van der Waals surface area contributed by atoms with E-state index in [-0.39, 0.29) is 18.0 Å². The predicted molar refractivity (Wildman–Crippen MR) is 105 cm³/mol. The minimum Gasteiger partial charge on any atom is -0.355 e. The van der Waals surface area contributed by atoms with Crippen molar-refractivity contribution < 1.29 is 13.6 Å². The highest BCUT2D eigenvalue weighted by atomic mass is 19.1. The van der Waals surface area contributed by atoms with E-state index in [0.717, 1.165) is 37.2 Å². The molecular weight excluding hydrogens is 362 g/mol. The van der Waals surface area contributed by atoms with Gasteiger partial charge in [0.2, 0.25) is 5.91 Å². The monoisotopic (exact) mass is 390 g/mol. The van der Waals surface area contributed by atoms with Crippen molar-refractivity contribution in [2.75, 3.05) is 26.2 Å². The van der Waals surface area contributed by atoms with Gasteiger partial charge < -0.3 is 10.2 Å². The Hall–Kier alpha value is -2.28. The van der Waals surface area contributed by atoms with Gasteiger partial charge in [-0.2, -0.15) is 5.10 Å². The molecule has 152 valence electrons. The van der Waals surface area contributed by atoms with Crippen LogP contribution in [-0.2, 0) is 11.2 Å². The van der Waals surface area contributed by atoms with E-state index >= 15 is 0 Å². The lowest BCUT2D eigenvalue weighted by molar-refractivity contribution is -0.120. The maximum Gasteiger partial charge on any atom is 0.224 e. The largest absolute Gasteiger partial charge is 0.355 e. The fourth-order valence-electron chi connectivity index (χ4n) is 3.68. The van der Waals surface area contributed by atoms with Crippen LogP contribution >= 0.6 is 0 Å². The van der Waals surface area contributed by atoms with Crippen molar-refractivity contribution >= 4 is 5.91 Å². The van der Waals surface area contributed by atoms with Gasteiger partial charge in [0.25, 0.3) is 0 Å². The summed E-state index contributed by atoms with van der Waals surface area (Å²) in [5.41, 5.74) is 2.30. The number of amides is 1. The summed E-state index contributed by atoms with van der Waals surface area (Å²) in [6.45, 7) is 9.52. The molecule has 0 saturated carbocycles. The summed E-state index contributed by atoms with van der Waals surface area (Å²) < 4.78 is 28.7. The van der Waals surface area contributed by atoms with Crippen LogP contribution in [0, 0.1) is 31.4 Å². The number of carbonyl (C=O) groups is 1. The summed E-state index contributed by atoms with van der Waals surface area (Å²) in [6, 6.07) is 3.38. The maximum absolute atomic E-state index is 14.1. The zero-order chi connectivity index (χ0) is 20.3. The first kappa shape index (κ1) is 20.5. The Balaban J connectivity index is 1.59. The number of likely N-dealkylation sites (tertiary alicyclic amines) is 1. The van der Waals surface area contributed by atoms with Gasteiger partial charge in [-0.1, -0.05) is 6.92 Å². The molecule has 1 amide bonds. The molecule has 1 aliphatic rings. The van der Waals surface area contributed by atoms with Crippen LogP contribution in [0.15, 0.2) is 18.2 Å². The molecule has 0 radical (unpaired) electrons. The fraction of sp³-hybridized carbons (Fsp3) is 0.524. The minimum absolute atomic E-state index is 0.0734. The van der Waals surface area contributed by atoms with E-state index in [4.69, 9.17) is 0 Å². The van der Waals surface area contributed by atoms with Crippen molar-refractivity contribution in [2.24, 2.45) is 5.92 Å². The molecule has 2 heterocycles. The van der Waals surface area contributed by atoms with Crippen LogP contribution in [0.1, 0.15) is 36.7 Å². The van der Waals surface area contributed by atoms with Crippen LogP contribution in [0.25, 0.3) is 5.69 Å². The van der Waals surface area contributed by atoms with Gasteiger partial charge in [-0.25, -0.2) is 13.5 Å². The summed E-state index contributed by atoms with van der Waals surface area (Å²) in [6.07, 6.45) is 2.62. The van der Waals surface area contributed by atoms with Gasteiger partial charge >= 0.3 is 0 Å². The Morgan fingerprint density at radius 1 is 1.25 bits per heavy atom. The highest BCUT2D eigenvalue weighted by Crippen LogP contribution is 2.21. The molecule has 1 N–H and O–H groups in total. The van der Waals surface area contributed by atoms with Crippen molar-refractivity contribution in [3.8, 4) is 5.69 Å². The number of aromatic nitrogens is 2. The lowest BCUT2D eigenvalue weighted by Gasteiger charge is -2.30. The summed E-state index contributed by atoms with van der Waals surface area (Å²) in [5.74, 6) is -0.599. The van der Waals surface area contributed by atoms with E-state index in [1.165, 1.54) is 29.7 Å². The molecule has 3 rings (SSSR count). The molecule has 0 aliphatic carbocycles. The molecule has 1 fully saturated rings. The van der Waals surface area contributed by atoms with Crippen LogP contribution in [-0.4, -0.2) is 46.8 Å². The third-order valence-electron chi connectivity index (χ3n) is 5.54. The quantitative estimate of drug-likeness (QED) is 0.824. The molecule has 0 unspecified atom stereocenters. The number of halogens is 2. The third-order valence-corrected chi connectivity index (χ3v) is 5.54. The molecular formula is C21H28F2N4O. The van der Waals surface area contributed by atoms with Crippen LogP contribution in [0.2, 0.25) is 0 Å². The van der Waals surface area contributed by atoms with Gasteiger partial charge in [0.15, 0.2) is 5.82 Å². The first-order valence-electron chi connectivity index (χ1n) is 9.84. The second-order valence-electron chi connectivity index (χ2n) is 7.71. The standard InChI is InChI=1S/C21H28F2N4O/c1-14-6-9-26(10-7-14)11-8-24-21(28)13-18-15(2)25-27(16(18)3)20-5-4-17(22)12-19(20)23/h4-5,12,14H,6-11,13H2,1-3H3,(H,24,28). The van der Waals surface area contributed by atoms with Gasteiger partial charge in [0, 0.05) is 30.4 Å². The molecule has 0 atom stereocenters. The Labute approximate surface area is 164 Å². The number of benzene rings is 1. The van der Waals surface area contributed by atoms with Crippen LogP contribution < -0.4 is 5.32 Å². The Morgan fingerprint density at radius 2 is 1.96 bits per heavy atom. The van der Waals surface area contributed by atoms with Gasteiger partial charge in [-0.3, -0.25) is 4.79 Å². The van der Waals surface area contributed by atoms with Gasteiger partial charge in [-0.05, 0) is 57.8 Å². The molecule has 1 saturated heterocycles. The van der Waals surface area contributed by atoms with Gasteiger partial charge in [-0.15, -0.1) is 0 Å².